The first-order valence-electron chi connectivity index (χ1n) is 21.8. The molecule has 3 aliphatic carbocycles. The van der Waals surface area contributed by atoms with Gasteiger partial charge in [-0.15, -0.1) is 0 Å². The lowest BCUT2D eigenvalue weighted by Crippen LogP contribution is -2.15. The van der Waals surface area contributed by atoms with Gasteiger partial charge in [-0.2, -0.15) is 0 Å². The van der Waals surface area contributed by atoms with E-state index < -0.39 is 0 Å². The molecule has 0 unspecified atom stereocenters. The first kappa shape index (κ1) is 35.1. The van der Waals surface area contributed by atoms with E-state index in [1.54, 1.807) is 0 Å². The van der Waals surface area contributed by atoms with E-state index in [2.05, 4.69) is 180 Å². The molecule has 0 spiro atoms. The van der Waals surface area contributed by atoms with Crippen LogP contribution in [-0.2, 0) is 0 Å². The van der Waals surface area contributed by atoms with E-state index >= 15 is 0 Å². The molecule has 11 rings (SSSR count). The molecular weight excluding hydrogens is 701 g/mol. The maximum atomic E-state index is 2.50. The van der Waals surface area contributed by atoms with Crippen LogP contribution in [0.2, 0.25) is 0 Å². The highest BCUT2D eigenvalue weighted by molar-refractivity contribution is 6.12. The topological polar surface area (TPSA) is 6.48 Å². The summed E-state index contributed by atoms with van der Waals surface area (Å²) in [6.45, 7) is 0. The molecule has 8 aromatic carbocycles. The summed E-state index contributed by atoms with van der Waals surface area (Å²) >= 11 is 0. The predicted molar refractivity (Wildman–Crippen MR) is 247 cm³/mol. The Morgan fingerprint density at radius 2 is 0.655 bits per heavy atom. The average molecular weight is 751 g/mol. The quantitative estimate of drug-likeness (QED) is 0.153. The summed E-state index contributed by atoms with van der Waals surface area (Å²) < 4.78 is 0. The number of benzene rings is 8. The van der Waals surface area contributed by atoms with Crippen LogP contribution in [0.5, 0.6) is 0 Å². The van der Waals surface area contributed by atoms with Gasteiger partial charge < -0.3 is 9.80 Å². The highest BCUT2D eigenvalue weighted by Crippen LogP contribution is 2.52. The third kappa shape index (κ3) is 6.27. The Kier molecular flexibility index (Phi) is 9.07. The lowest BCUT2D eigenvalue weighted by Gasteiger charge is -2.32. The molecular formula is C56H50N2. The van der Waals surface area contributed by atoms with Crippen LogP contribution in [-0.4, -0.2) is 0 Å². The second kappa shape index (κ2) is 15.0. The van der Waals surface area contributed by atoms with Gasteiger partial charge in [-0.05, 0) is 177 Å². The fraction of sp³-hybridized carbons (Fsp3) is 0.214. The van der Waals surface area contributed by atoms with Crippen LogP contribution in [0.3, 0.4) is 0 Å². The Labute approximate surface area is 343 Å². The largest absolute Gasteiger partial charge is 0.310 e. The number of rotatable bonds is 8. The molecule has 0 bridgehead atoms. The number of para-hydroxylation sites is 4. The van der Waals surface area contributed by atoms with Gasteiger partial charge in [-0.25, -0.2) is 0 Å². The second-order valence-electron chi connectivity index (χ2n) is 17.0. The van der Waals surface area contributed by atoms with Gasteiger partial charge in [0, 0.05) is 34.1 Å². The Morgan fingerprint density at radius 3 is 1.07 bits per heavy atom. The maximum absolute atomic E-state index is 2.50. The second-order valence-corrected chi connectivity index (χ2v) is 17.0. The molecule has 2 heteroatoms. The summed E-state index contributed by atoms with van der Waals surface area (Å²) in [4.78, 5) is 4.99. The van der Waals surface area contributed by atoms with Crippen LogP contribution in [0.4, 0.5) is 34.1 Å². The summed E-state index contributed by atoms with van der Waals surface area (Å²) in [6, 6.07) is 64.1. The van der Waals surface area contributed by atoms with Gasteiger partial charge in [0.25, 0.3) is 0 Å². The first-order valence-corrected chi connectivity index (χ1v) is 21.8. The van der Waals surface area contributed by atoms with Crippen LogP contribution in [0, 0.1) is 0 Å². The van der Waals surface area contributed by atoms with Gasteiger partial charge >= 0.3 is 0 Å². The number of nitrogens with zero attached hydrogens (tertiary/aromatic N) is 2. The van der Waals surface area contributed by atoms with Crippen molar-refractivity contribution in [2.24, 2.45) is 0 Å². The third-order valence-electron chi connectivity index (χ3n) is 13.5. The monoisotopic (exact) mass is 750 g/mol. The SMILES string of the molecule is c1ccc(N(c2ccc3cc4c(cc3c2)-c2cc3cc(N(c5ccccc5)c5ccccc5C5CCCCC5)ccc3cc2-4)c2ccccc2C2CCCCC2)cc1. The van der Waals surface area contributed by atoms with Gasteiger partial charge in [0.1, 0.15) is 0 Å². The van der Waals surface area contributed by atoms with E-state index in [1.165, 1.54) is 153 Å². The zero-order valence-corrected chi connectivity index (χ0v) is 33.3. The Balaban J connectivity index is 0.987. The molecule has 0 atom stereocenters. The summed E-state index contributed by atoms with van der Waals surface area (Å²) in [5.74, 6) is 1.21. The molecule has 8 aromatic rings. The molecule has 2 nitrogen and oxygen atoms in total. The van der Waals surface area contributed by atoms with E-state index in [9.17, 15) is 0 Å². The third-order valence-corrected chi connectivity index (χ3v) is 13.5. The van der Waals surface area contributed by atoms with Crippen LogP contribution in [0.25, 0.3) is 43.8 Å². The van der Waals surface area contributed by atoms with Crippen LogP contribution in [0.15, 0.2) is 170 Å². The summed E-state index contributed by atoms with van der Waals surface area (Å²) in [5.41, 5.74) is 15.8. The molecule has 284 valence electrons. The van der Waals surface area contributed by atoms with Crippen LogP contribution in [0.1, 0.15) is 87.2 Å². The molecule has 58 heavy (non-hydrogen) atoms. The zero-order chi connectivity index (χ0) is 38.4. The first-order chi connectivity index (χ1) is 28.8. The Hall–Kier alpha value is -6.12. The Bertz CT molecular complexity index is 2560. The van der Waals surface area contributed by atoms with Gasteiger partial charge in [0.2, 0.25) is 0 Å². The van der Waals surface area contributed by atoms with Crippen molar-refractivity contribution in [1.82, 2.24) is 0 Å². The number of hydrogen-bond donors (Lipinski definition) is 0. The van der Waals surface area contributed by atoms with Crippen LogP contribution >= 0.6 is 0 Å². The zero-order valence-electron chi connectivity index (χ0n) is 33.3. The minimum Gasteiger partial charge on any atom is -0.310 e. The summed E-state index contributed by atoms with van der Waals surface area (Å²) in [5, 5.41) is 5.13. The summed E-state index contributed by atoms with van der Waals surface area (Å²) in [7, 11) is 0. The maximum Gasteiger partial charge on any atom is 0.0496 e. The van der Waals surface area contributed by atoms with Crippen molar-refractivity contribution in [2.45, 2.75) is 76.0 Å². The normalized spacial score (nSPS) is 15.4. The Morgan fingerprint density at radius 1 is 0.293 bits per heavy atom. The summed E-state index contributed by atoms with van der Waals surface area (Å²) in [6.07, 6.45) is 13.1. The van der Waals surface area contributed by atoms with Crippen molar-refractivity contribution in [2.75, 3.05) is 9.80 Å². The van der Waals surface area contributed by atoms with Gasteiger partial charge in [0.15, 0.2) is 0 Å². The van der Waals surface area contributed by atoms with Gasteiger partial charge in [0.05, 0.1) is 0 Å². The molecule has 0 N–H and O–H groups in total. The molecule has 3 aliphatic rings. The number of fused-ring (bicyclic) bond motifs is 6. The van der Waals surface area contributed by atoms with Crippen molar-refractivity contribution in [3.63, 3.8) is 0 Å². The predicted octanol–water partition coefficient (Wildman–Crippen LogP) is 16.7. The molecule has 0 amide bonds. The highest BCUT2D eigenvalue weighted by Gasteiger charge is 2.27. The molecule has 0 heterocycles. The van der Waals surface area contributed by atoms with E-state index in [4.69, 9.17) is 0 Å². The van der Waals surface area contributed by atoms with E-state index in [0.717, 1.165) is 0 Å². The molecule has 0 radical (unpaired) electrons. The average Bonchev–Trinajstić information content (AvgIpc) is 3.30. The van der Waals surface area contributed by atoms with Crippen molar-refractivity contribution >= 4 is 55.7 Å². The lowest BCUT2D eigenvalue weighted by atomic mass is 9.78. The van der Waals surface area contributed by atoms with Crippen LogP contribution < -0.4 is 9.80 Å². The fourth-order valence-corrected chi connectivity index (χ4v) is 10.6. The molecule has 2 fully saturated rings. The molecule has 2 saturated carbocycles. The van der Waals surface area contributed by atoms with Crippen molar-refractivity contribution in [3.05, 3.63) is 181 Å². The smallest absolute Gasteiger partial charge is 0.0496 e. The number of anilines is 6. The highest BCUT2D eigenvalue weighted by atomic mass is 15.1. The minimum absolute atomic E-state index is 0.606. The lowest BCUT2D eigenvalue weighted by molar-refractivity contribution is 0.444. The van der Waals surface area contributed by atoms with E-state index in [1.807, 2.05) is 0 Å². The van der Waals surface area contributed by atoms with E-state index in [0.29, 0.717) is 11.8 Å². The number of hydrogen-bond acceptors (Lipinski definition) is 2. The molecule has 0 aliphatic heterocycles. The fourth-order valence-electron chi connectivity index (χ4n) is 10.6. The molecule has 0 saturated heterocycles. The van der Waals surface area contributed by atoms with Crippen molar-refractivity contribution in [1.29, 1.82) is 0 Å². The minimum atomic E-state index is 0.606. The van der Waals surface area contributed by atoms with Crippen molar-refractivity contribution in [3.8, 4) is 22.3 Å². The van der Waals surface area contributed by atoms with E-state index in [-0.39, 0.29) is 0 Å². The van der Waals surface area contributed by atoms with Crippen molar-refractivity contribution < 1.29 is 0 Å². The molecule has 0 aromatic heterocycles. The van der Waals surface area contributed by atoms with Gasteiger partial charge in [-0.1, -0.05) is 123 Å². The van der Waals surface area contributed by atoms with Gasteiger partial charge in [-0.3, -0.25) is 0 Å². The standard InChI is InChI=1S/C56H50N2/c1-5-17-39(18-6-1)49-25-13-15-27-55(49)57(45-21-9-3-10-22-45)47-31-29-41-35-51-52-36-42-30-32-48(34-44(42)38-54(52)53(51)37-43(41)33-47)58(46-23-11-4-12-24-46)56-28-16-14-26-50(56)40-19-7-2-8-20-40/h3-4,9-16,21-40H,1-2,5-8,17-20H2.